The highest BCUT2D eigenvalue weighted by atomic mass is 35.5. The molecule has 0 unspecified atom stereocenters. The summed E-state index contributed by atoms with van der Waals surface area (Å²) in [5.41, 5.74) is -1.33. The number of aliphatic hydroxyl groups excluding tert-OH is 1. The van der Waals surface area contributed by atoms with Crippen LogP contribution in [0.2, 0.25) is 0 Å². The molecule has 2 nitrogen and oxygen atoms in total. The van der Waals surface area contributed by atoms with Crippen LogP contribution in [0.4, 0.5) is 0 Å². The van der Waals surface area contributed by atoms with Gasteiger partial charge in [0.05, 0.1) is 6.61 Å². The Labute approximate surface area is 122 Å². The molecular formula is C14H28Cl2O2. The van der Waals surface area contributed by atoms with Crippen molar-refractivity contribution in [2.24, 2.45) is 0 Å². The quantitative estimate of drug-likeness (QED) is 0.413. The van der Waals surface area contributed by atoms with Gasteiger partial charge in [0.1, 0.15) is 10.4 Å². The fraction of sp³-hybridized carbons (Fsp3) is 1.00. The minimum Gasteiger partial charge on any atom is -0.393 e. The first-order valence-corrected chi connectivity index (χ1v) is 8.05. The van der Waals surface area contributed by atoms with Gasteiger partial charge in [-0.3, -0.25) is 0 Å². The van der Waals surface area contributed by atoms with Crippen LogP contribution in [0.15, 0.2) is 0 Å². The Morgan fingerprint density at radius 1 is 0.889 bits per heavy atom. The average Bonchev–Trinajstić information content (AvgIpc) is 2.36. The first kappa shape index (κ1) is 18.5. The van der Waals surface area contributed by atoms with E-state index in [1.165, 1.54) is 44.9 Å². The SMILES string of the molecule is CCCCCCCCCCC[C@](O)(CO)C(Cl)Cl. The van der Waals surface area contributed by atoms with E-state index in [4.69, 9.17) is 28.3 Å². The predicted molar refractivity (Wildman–Crippen MR) is 79.4 cm³/mol. The maximum Gasteiger partial charge on any atom is 0.138 e. The molecule has 0 amide bonds. The van der Waals surface area contributed by atoms with Crippen LogP contribution in [0.3, 0.4) is 0 Å². The van der Waals surface area contributed by atoms with Gasteiger partial charge in [0.2, 0.25) is 0 Å². The third kappa shape index (κ3) is 8.58. The Kier molecular flexibility index (Phi) is 11.7. The molecule has 0 saturated heterocycles. The summed E-state index contributed by atoms with van der Waals surface area (Å²) in [6, 6.07) is 0. The van der Waals surface area contributed by atoms with Gasteiger partial charge in [-0.2, -0.15) is 0 Å². The summed E-state index contributed by atoms with van der Waals surface area (Å²) in [7, 11) is 0. The van der Waals surface area contributed by atoms with Crippen molar-refractivity contribution in [1.82, 2.24) is 0 Å². The topological polar surface area (TPSA) is 40.5 Å². The molecule has 0 aromatic carbocycles. The summed E-state index contributed by atoms with van der Waals surface area (Å²) in [5, 5.41) is 18.9. The minimum absolute atomic E-state index is 0.373. The lowest BCUT2D eigenvalue weighted by atomic mass is 9.98. The lowest BCUT2D eigenvalue weighted by molar-refractivity contribution is -0.0117. The van der Waals surface area contributed by atoms with Crippen molar-refractivity contribution in [1.29, 1.82) is 0 Å². The number of aliphatic hydroxyl groups is 2. The zero-order valence-electron chi connectivity index (χ0n) is 11.5. The molecule has 0 aliphatic heterocycles. The van der Waals surface area contributed by atoms with Gasteiger partial charge < -0.3 is 10.2 Å². The standard InChI is InChI=1S/C14H28Cl2O2/c1-2-3-4-5-6-7-8-9-10-11-14(18,12-17)13(15)16/h13,17-18H,2-12H2,1H3/t14-/m0/s1. The molecule has 0 radical (unpaired) electrons. The summed E-state index contributed by atoms with van der Waals surface area (Å²) in [4.78, 5) is -0.920. The van der Waals surface area contributed by atoms with Gasteiger partial charge in [0.15, 0.2) is 0 Å². The Bertz CT molecular complexity index is 189. The second-order valence-corrected chi connectivity index (χ2v) is 6.24. The van der Waals surface area contributed by atoms with E-state index >= 15 is 0 Å². The number of hydrogen-bond acceptors (Lipinski definition) is 2. The van der Waals surface area contributed by atoms with Crippen LogP contribution >= 0.6 is 23.2 Å². The van der Waals surface area contributed by atoms with Crippen LogP contribution in [0.25, 0.3) is 0 Å². The van der Waals surface area contributed by atoms with Gasteiger partial charge in [0, 0.05) is 0 Å². The highest BCUT2D eigenvalue weighted by molar-refractivity contribution is 6.45. The molecule has 0 bridgehead atoms. The molecule has 0 rings (SSSR count). The summed E-state index contributed by atoms with van der Waals surface area (Å²) in [6.07, 6.45) is 11.5. The van der Waals surface area contributed by atoms with E-state index in [1.807, 2.05) is 0 Å². The number of halogens is 2. The normalized spacial score (nSPS) is 15.0. The van der Waals surface area contributed by atoms with Gasteiger partial charge in [-0.05, 0) is 6.42 Å². The van der Waals surface area contributed by atoms with Crippen LogP contribution in [0.1, 0.15) is 71.1 Å². The van der Waals surface area contributed by atoms with Gasteiger partial charge in [0.25, 0.3) is 0 Å². The zero-order valence-corrected chi connectivity index (χ0v) is 13.0. The van der Waals surface area contributed by atoms with Gasteiger partial charge in [-0.15, -0.1) is 23.2 Å². The second-order valence-electron chi connectivity index (χ2n) is 5.14. The smallest absolute Gasteiger partial charge is 0.138 e. The van der Waals surface area contributed by atoms with Crippen LogP contribution in [0.5, 0.6) is 0 Å². The second kappa shape index (κ2) is 11.3. The van der Waals surface area contributed by atoms with Gasteiger partial charge in [-0.1, -0.05) is 64.7 Å². The minimum atomic E-state index is -1.33. The van der Waals surface area contributed by atoms with Crippen molar-refractivity contribution in [3.8, 4) is 0 Å². The number of rotatable bonds is 12. The molecule has 0 fully saturated rings. The molecule has 4 heteroatoms. The van der Waals surface area contributed by atoms with Crippen LogP contribution < -0.4 is 0 Å². The number of alkyl halides is 2. The lowest BCUT2D eigenvalue weighted by Crippen LogP contribution is -2.40. The van der Waals surface area contributed by atoms with Crippen molar-refractivity contribution < 1.29 is 10.2 Å². The number of hydrogen-bond donors (Lipinski definition) is 2. The molecule has 18 heavy (non-hydrogen) atoms. The van der Waals surface area contributed by atoms with Crippen molar-refractivity contribution in [3.63, 3.8) is 0 Å². The fourth-order valence-corrected chi connectivity index (χ4v) is 2.36. The van der Waals surface area contributed by atoms with Crippen LogP contribution in [-0.2, 0) is 0 Å². The monoisotopic (exact) mass is 298 g/mol. The van der Waals surface area contributed by atoms with Crippen molar-refractivity contribution in [3.05, 3.63) is 0 Å². The summed E-state index contributed by atoms with van der Waals surface area (Å²) in [5.74, 6) is 0. The van der Waals surface area contributed by atoms with Gasteiger partial charge >= 0.3 is 0 Å². The molecule has 2 N–H and O–H groups in total. The van der Waals surface area contributed by atoms with Crippen LogP contribution in [0, 0.1) is 0 Å². The maximum atomic E-state index is 9.88. The molecule has 0 aliphatic carbocycles. The maximum absolute atomic E-state index is 9.88. The largest absolute Gasteiger partial charge is 0.393 e. The Morgan fingerprint density at radius 2 is 1.33 bits per heavy atom. The predicted octanol–water partition coefficient (Wildman–Crippen LogP) is 4.43. The zero-order chi connectivity index (χ0) is 13.9. The van der Waals surface area contributed by atoms with Crippen molar-refractivity contribution in [2.45, 2.75) is 81.6 Å². The lowest BCUT2D eigenvalue weighted by Gasteiger charge is -2.26. The van der Waals surface area contributed by atoms with E-state index in [0.29, 0.717) is 6.42 Å². The highest BCUT2D eigenvalue weighted by Crippen LogP contribution is 2.26. The Morgan fingerprint density at radius 3 is 1.72 bits per heavy atom. The molecule has 0 aromatic rings. The molecule has 110 valence electrons. The van der Waals surface area contributed by atoms with Crippen molar-refractivity contribution in [2.75, 3.05) is 6.61 Å². The molecule has 0 saturated carbocycles. The third-order valence-electron chi connectivity index (χ3n) is 3.39. The van der Waals surface area contributed by atoms with E-state index in [2.05, 4.69) is 6.92 Å². The van der Waals surface area contributed by atoms with Crippen molar-refractivity contribution >= 4 is 23.2 Å². The van der Waals surface area contributed by atoms with Crippen LogP contribution in [-0.4, -0.2) is 27.3 Å². The molecule has 0 aromatic heterocycles. The molecule has 1 atom stereocenters. The van der Waals surface area contributed by atoms with E-state index in [1.54, 1.807) is 0 Å². The van der Waals surface area contributed by atoms with E-state index in [-0.39, 0.29) is 6.61 Å². The molecule has 0 aliphatic rings. The summed E-state index contributed by atoms with van der Waals surface area (Å²) < 4.78 is 0. The molecule has 0 heterocycles. The van der Waals surface area contributed by atoms with Gasteiger partial charge in [-0.25, -0.2) is 0 Å². The summed E-state index contributed by atoms with van der Waals surface area (Å²) >= 11 is 11.3. The molecule has 0 spiro atoms. The Balaban J connectivity index is 3.39. The average molecular weight is 299 g/mol. The highest BCUT2D eigenvalue weighted by Gasteiger charge is 2.32. The first-order chi connectivity index (χ1) is 8.56. The third-order valence-corrected chi connectivity index (χ3v) is 4.21. The van der Waals surface area contributed by atoms with E-state index in [9.17, 15) is 5.11 Å². The number of unbranched alkanes of at least 4 members (excludes halogenated alkanes) is 8. The van der Waals surface area contributed by atoms with E-state index in [0.717, 1.165) is 12.8 Å². The Hall–Kier alpha value is 0.500. The molecular weight excluding hydrogens is 271 g/mol. The first-order valence-electron chi connectivity index (χ1n) is 7.18. The summed E-state index contributed by atoms with van der Waals surface area (Å²) in [6.45, 7) is 1.85. The van der Waals surface area contributed by atoms with E-state index < -0.39 is 10.4 Å². The fourth-order valence-electron chi connectivity index (χ4n) is 2.00.